The molecule has 1 rings (SSSR count). The van der Waals surface area contributed by atoms with Crippen molar-refractivity contribution in [1.29, 1.82) is 0 Å². The maximum atomic E-state index is 5.75. The van der Waals surface area contributed by atoms with Gasteiger partial charge in [-0.2, -0.15) is 0 Å². The van der Waals surface area contributed by atoms with E-state index in [4.69, 9.17) is 5.73 Å². The van der Waals surface area contributed by atoms with Crippen molar-refractivity contribution in [2.75, 3.05) is 13.1 Å². The summed E-state index contributed by atoms with van der Waals surface area (Å²) in [5, 5.41) is 0. The van der Waals surface area contributed by atoms with Gasteiger partial charge in [0.2, 0.25) is 0 Å². The van der Waals surface area contributed by atoms with Crippen molar-refractivity contribution in [3.8, 4) is 0 Å². The second-order valence-corrected chi connectivity index (χ2v) is 3.70. The smallest absolute Gasteiger partial charge is 0.0139 e. The van der Waals surface area contributed by atoms with E-state index in [9.17, 15) is 0 Å². The van der Waals surface area contributed by atoms with E-state index in [1.807, 2.05) is 0 Å². The van der Waals surface area contributed by atoms with Crippen molar-refractivity contribution in [3.63, 3.8) is 0 Å². The molecule has 0 saturated heterocycles. The van der Waals surface area contributed by atoms with Crippen LogP contribution in [0.15, 0.2) is 0 Å². The molecule has 0 amide bonds. The zero-order chi connectivity index (χ0) is 8.27. The van der Waals surface area contributed by atoms with Gasteiger partial charge in [-0.15, -0.1) is 0 Å². The molecule has 0 heterocycles. The first-order valence-corrected chi connectivity index (χ1v) is 4.73. The van der Waals surface area contributed by atoms with Gasteiger partial charge in [-0.1, -0.05) is 6.92 Å². The van der Waals surface area contributed by atoms with Crippen LogP contribution in [0.2, 0.25) is 0 Å². The number of nitrogens with two attached hydrogens (primary N) is 1. The standard InChI is InChI=1S/C9H20N2/c1-3-6-11(7-8(2)10)9-4-5-9/h8-9H,3-7,10H2,1-2H3/t8-/m0/s1. The van der Waals surface area contributed by atoms with Crippen LogP contribution in [0.5, 0.6) is 0 Å². The monoisotopic (exact) mass is 156 g/mol. The lowest BCUT2D eigenvalue weighted by Gasteiger charge is -2.22. The van der Waals surface area contributed by atoms with E-state index in [2.05, 4.69) is 18.7 Å². The summed E-state index contributed by atoms with van der Waals surface area (Å²) < 4.78 is 0. The first-order valence-electron chi connectivity index (χ1n) is 4.73. The molecule has 66 valence electrons. The van der Waals surface area contributed by atoms with Gasteiger partial charge in [-0.25, -0.2) is 0 Å². The molecule has 1 atom stereocenters. The Labute approximate surface area is 69.8 Å². The highest BCUT2D eigenvalue weighted by molar-refractivity contribution is 4.85. The maximum Gasteiger partial charge on any atom is 0.0139 e. The number of hydrogen-bond acceptors (Lipinski definition) is 2. The first-order chi connectivity index (χ1) is 5.24. The minimum absolute atomic E-state index is 0.335. The first kappa shape index (κ1) is 9.01. The lowest BCUT2D eigenvalue weighted by atomic mass is 10.3. The van der Waals surface area contributed by atoms with Crippen LogP contribution in [-0.2, 0) is 0 Å². The van der Waals surface area contributed by atoms with Gasteiger partial charge >= 0.3 is 0 Å². The molecule has 0 radical (unpaired) electrons. The molecule has 2 N–H and O–H groups in total. The predicted octanol–water partition coefficient (Wildman–Crippen LogP) is 1.21. The molecule has 2 nitrogen and oxygen atoms in total. The Kier molecular flexibility index (Phi) is 3.34. The van der Waals surface area contributed by atoms with Gasteiger partial charge in [0, 0.05) is 18.6 Å². The van der Waals surface area contributed by atoms with Gasteiger partial charge in [0.25, 0.3) is 0 Å². The van der Waals surface area contributed by atoms with E-state index in [0.717, 1.165) is 12.6 Å². The van der Waals surface area contributed by atoms with Crippen LogP contribution in [0.25, 0.3) is 0 Å². The Bertz CT molecular complexity index is 108. The van der Waals surface area contributed by atoms with Gasteiger partial charge in [-0.05, 0) is 32.7 Å². The molecule has 1 fully saturated rings. The molecule has 0 spiro atoms. The van der Waals surface area contributed by atoms with Crippen LogP contribution in [0.1, 0.15) is 33.1 Å². The van der Waals surface area contributed by atoms with Crippen molar-refractivity contribution in [3.05, 3.63) is 0 Å². The van der Waals surface area contributed by atoms with E-state index in [0.29, 0.717) is 6.04 Å². The van der Waals surface area contributed by atoms with E-state index in [-0.39, 0.29) is 0 Å². The Balaban J connectivity index is 2.20. The van der Waals surface area contributed by atoms with E-state index < -0.39 is 0 Å². The summed E-state index contributed by atoms with van der Waals surface area (Å²) in [6, 6.07) is 1.21. The quantitative estimate of drug-likeness (QED) is 0.648. The maximum absolute atomic E-state index is 5.75. The van der Waals surface area contributed by atoms with Crippen molar-refractivity contribution < 1.29 is 0 Å². The highest BCUT2D eigenvalue weighted by Crippen LogP contribution is 2.26. The van der Waals surface area contributed by atoms with Gasteiger partial charge in [0.1, 0.15) is 0 Å². The molecule has 0 aromatic heterocycles. The third kappa shape index (κ3) is 3.21. The zero-order valence-corrected chi connectivity index (χ0v) is 7.71. The highest BCUT2D eigenvalue weighted by Gasteiger charge is 2.28. The average Bonchev–Trinajstić information content (AvgIpc) is 2.66. The van der Waals surface area contributed by atoms with E-state index >= 15 is 0 Å². The van der Waals surface area contributed by atoms with Crippen LogP contribution >= 0.6 is 0 Å². The predicted molar refractivity (Wildman–Crippen MR) is 48.5 cm³/mol. The SMILES string of the molecule is CCCN(C[C@H](C)N)C1CC1. The van der Waals surface area contributed by atoms with E-state index in [1.54, 1.807) is 0 Å². The van der Waals surface area contributed by atoms with Gasteiger partial charge in [0.05, 0.1) is 0 Å². The summed E-state index contributed by atoms with van der Waals surface area (Å²) in [5.41, 5.74) is 5.75. The molecule has 0 aromatic rings. The molecule has 0 aromatic carbocycles. The molecule has 1 aliphatic carbocycles. The fraction of sp³-hybridized carbons (Fsp3) is 1.00. The Morgan fingerprint density at radius 3 is 2.55 bits per heavy atom. The Morgan fingerprint density at radius 2 is 2.18 bits per heavy atom. The lowest BCUT2D eigenvalue weighted by Crippen LogP contribution is -2.37. The molecule has 0 bridgehead atoms. The van der Waals surface area contributed by atoms with Crippen LogP contribution in [0, 0.1) is 0 Å². The second kappa shape index (κ2) is 4.07. The molecule has 0 aliphatic heterocycles. The topological polar surface area (TPSA) is 29.3 Å². The fourth-order valence-corrected chi connectivity index (χ4v) is 1.52. The van der Waals surface area contributed by atoms with Crippen molar-refractivity contribution in [2.24, 2.45) is 5.73 Å². The van der Waals surface area contributed by atoms with Gasteiger partial charge in [0.15, 0.2) is 0 Å². The van der Waals surface area contributed by atoms with Crippen molar-refractivity contribution >= 4 is 0 Å². The number of hydrogen-bond donors (Lipinski definition) is 1. The number of nitrogens with zero attached hydrogens (tertiary/aromatic N) is 1. The van der Waals surface area contributed by atoms with Crippen LogP contribution in [-0.4, -0.2) is 30.1 Å². The van der Waals surface area contributed by atoms with Crippen LogP contribution < -0.4 is 5.73 Å². The molecular formula is C9H20N2. The summed E-state index contributed by atoms with van der Waals surface area (Å²) in [4.78, 5) is 2.53. The minimum atomic E-state index is 0.335. The highest BCUT2D eigenvalue weighted by atomic mass is 15.2. The summed E-state index contributed by atoms with van der Waals surface area (Å²) in [7, 11) is 0. The molecule has 2 heteroatoms. The fourth-order valence-electron chi connectivity index (χ4n) is 1.52. The Hall–Kier alpha value is -0.0800. The second-order valence-electron chi connectivity index (χ2n) is 3.70. The van der Waals surface area contributed by atoms with Gasteiger partial charge in [-0.3, -0.25) is 4.90 Å². The normalized spacial score (nSPS) is 20.7. The molecular weight excluding hydrogens is 136 g/mol. The van der Waals surface area contributed by atoms with Crippen LogP contribution in [0.4, 0.5) is 0 Å². The number of rotatable bonds is 5. The average molecular weight is 156 g/mol. The molecule has 11 heavy (non-hydrogen) atoms. The van der Waals surface area contributed by atoms with E-state index in [1.165, 1.54) is 25.8 Å². The van der Waals surface area contributed by atoms with Crippen molar-refractivity contribution in [1.82, 2.24) is 4.90 Å². The zero-order valence-electron chi connectivity index (χ0n) is 7.71. The summed E-state index contributed by atoms with van der Waals surface area (Å²) >= 11 is 0. The molecule has 1 aliphatic rings. The Morgan fingerprint density at radius 1 is 1.55 bits per heavy atom. The molecule has 1 saturated carbocycles. The third-order valence-corrected chi connectivity index (χ3v) is 2.10. The largest absolute Gasteiger partial charge is 0.327 e. The molecule has 0 unspecified atom stereocenters. The van der Waals surface area contributed by atoms with Crippen molar-refractivity contribution in [2.45, 2.75) is 45.2 Å². The summed E-state index contributed by atoms with van der Waals surface area (Å²) in [6.45, 7) is 6.63. The van der Waals surface area contributed by atoms with Crippen LogP contribution in [0.3, 0.4) is 0 Å². The lowest BCUT2D eigenvalue weighted by molar-refractivity contribution is 0.251. The van der Waals surface area contributed by atoms with Gasteiger partial charge < -0.3 is 5.73 Å². The summed E-state index contributed by atoms with van der Waals surface area (Å²) in [6.07, 6.45) is 4.04. The minimum Gasteiger partial charge on any atom is -0.327 e. The summed E-state index contributed by atoms with van der Waals surface area (Å²) in [5.74, 6) is 0. The third-order valence-electron chi connectivity index (χ3n) is 2.10.